The van der Waals surface area contributed by atoms with Crippen LogP contribution in [0.5, 0.6) is 0 Å². The van der Waals surface area contributed by atoms with E-state index in [2.05, 4.69) is 5.32 Å². The van der Waals surface area contributed by atoms with Crippen LogP contribution in [0.25, 0.3) is 0 Å². The number of Topliss-reactive ketones (excluding diaryl/α,β-unsaturated/α-hetero) is 1. The second-order valence-corrected chi connectivity index (χ2v) is 5.50. The van der Waals surface area contributed by atoms with E-state index < -0.39 is 54.3 Å². The van der Waals surface area contributed by atoms with Gasteiger partial charge in [0.2, 0.25) is 5.79 Å². The number of amides is 1. The molecule has 1 aromatic carbocycles. The van der Waals surface area contributed by atoms with Crippen molar-refractivity contribution in [3.63, 3.8) is 0 Å². The zero-order chi connectivity index (χ0) is 18.1. The van der Waals surface area contributed by atoms with Gasteiger partial charge in [-0.2, -0.15) is 0 Å². The van der Waals surface area contributed by atoms with Gasteiger partial charge in [0, 0.05) is 6.92 Å². The minimum Gasteiger partial charge on any atom is -0.394 e. The Morgan fingerprint density at radius 1 is 1.29 bits per heavy atom. The van der Waals surface area contributed by atoms with Gasteiger partial charge in [-0.15, -0.1) is 0 Å². The van der Waals surface area contributed by atoms with E-state index in [0.29, 0.717) is 0 Å². The standard InChI is InChI=1S/C15H18FNO7/c1-7(19)15(23)13(12(21)11(20)10(6-18)24-15)17-14(22)8-4-2-3-5-9(8)16/h2-5,10-13,18,20-21,23H,6H2,1H3,(H,17,22)/t10-,11-,12+,13-,15?/m1/s1. The van der Waals surface area contributed by atoms with Crippen LogP contribution in [-0.4, -0.2) is 68.9 Å². The Bertz CT molecular complexity index is 640. The maximum atomic E-state index is 13.7. The highest BCUT2D eigenvalue weighted by molar-refractivity contribution is 5.95. The van der Waals surface area contributed by atoms with Crippen molar-refractivity contribution in [1.82, 2.24) is 5.32 Å². The molecular weight excluding hydrogens is 325 g/mol. The van der Waals surface area contributed by atoms with Crippen LogP contribution in [-0.2, 0) is 9.53 Å². The Morgan fingerprint density at radius 3 is 2.46 bits per heavy atom. The maximum absolute atomic E-state index is 13.7. The lowest BCUT2D eigenvalue weighted by molar-refractivity contribution is -0.300. The first kappa shape index (κ1) is 18.4. The Balaban J connectivity index is 2.33. The highest BCUT2D eigenvalue weighted by Crippen LogP contribution is 2.29. The number of rotatable bonds is 4. The first-order valence-corrected chi connectivity index (χ1v) is 7.16. The van der Waals surface area contributed by atoms with E-state index in [9.17, 15) is 29.3 Å². The fourth-order valence-electron chi connectivity index (χ4n) is 2.52. The number of ketones is 1. The van der Waals surface area contributed by atoms with Crippen molar-refractivity contribution in [2.45, 2.75) is 37.1 Å². The number of carbonyl (C=O) groups is 2. The summed E-state index contributed by atoms with van der Waals surface area (Å²) in [6.45, 7) is 0.170. The molecule has 2 rings (SSSR count). The van der Waals surface area contributed by atoms with Crippen molar-refractivity contribution in [3.8, 4) is 0 Å². The van der Waals surface area contributed by atoms with Crippen LogP contribution in [0.4, 0.5) is 4.39 Å². The summed E-state index contributed by atoms with van der Waals surface area (Å²) in [7, 11) is 0. The van der Waals surface area contributed by atoms with E-state index in [4.69, 9.17) is 9.84 Å². The molecule has 1 aliphatic heterocycles. The summed E-state index contributed by atoms with van der Waals surface area (Å²) < 4.78 is 18.7. The van der Waals surface area contributed by atoms with Crippen LogP contribution >= 0.6 is 0 Å². The molecule has 0 aliphatic carbocycles. The van der Waals surface area contributed by atoms with Crippen molar-refractivity contribution < 1.29 is 39.1 Å². The first-order chi connectivity index (χ1) is 11.2. The fraction of sp³-hybridized carbons (Fsp3) is 0.467. The van der Waals surface area contributed by atoms with Crippen LogP contribution < -0.4 is 5.32 Å². The summed E-state index contributed by atoms with van der Waals surface area (Å²) in [5, 5.41) is 41.6. The molecule has 1 fully saturated rings. The molecule has 1 aliphatic rings. The number of benzene rings is 1. The molecule has 5 atom stereocenters. The molecule has 9 heteroatoms. The average Bonchev–Trinajstić information content (AvgIpc) is 2.55. The van der Waals surface area contributed by atoms with Gasteiger partial charge in [-0.1, -0.05) is 12.1 Å². The molecule has 0 bridgehead atoms. The Labute approximate surface area is 136 Å². The normalized spacial score (nSPS) is 33.1. The second kappa shape index (κ2) is 6.91. The number of carbonyl (C=O) groups excluding carboxylic acids is 2. The second-order valence-electron chi connectivity index (χ2n) is 5.50. The van der Waals surface area contributed by atoms with E-state index in [1.165, 1.54) is 18.2 Å². The molecule has 8 nitrogen and oxygen atoms in total. The summed E-state index contributed by atoms with van der Waals surface area (Å²) in [4.78, 5) is 23.9. The molecule has 1 saturated heterocycles. The Hall–Kier alpha value is -1.91. The van der Waals surface area contributed by atoms with Gasteiger partial charge >= 0.3 is 0 Å². The van der Waals surface area contributed by atoms with Gasteiger partial charge in [-0.3, -0.25) is 9.59 Å². The van der Waals surface area contributed by atoms with Crippen LogP contribution in [0.1, 0.15) is 17.3 Å². The molecule has 1 aromatic rings. The minimum absolute atomic E-state index is 0.380. The SMILES string of the molecule is CC(=O)C1(O)O[C@H](CO)[C@@H](O)[C@H](O)[C@H]1NC(=O)c1ccccc1F. The summed E-state index contributed by atoms with van der Waals surface area (Å²) in [6, 6.07) is 3.21. The highest BCUT2D eigenvalue weighted by Gasteiger charge is 2.56. The van der Waals surface area contributed by atoms with Gasteiger partial charge in [-0.05, 0) is 12.1 Å². The van der Waals surface area contributed by atoms with E-state index in [1.54, 1.807) is 0 Å². The van der Waals surface area contributed by atoms with E-state index in [1.807, 2.05) is 0 Å². The minimum atomic E-state index is -2.69. The molecule has 1 amide bonds. The lowest BCUT2D eigenvalue weighted by Gasteiger charge is -2.46. The van der Waals surface area contributed by atoms with E-state index >= 15 is 0 Å². The summed E-state index contributed by atoms with van der Waals surface area (Å²) in [5.41, 5.74) is -0.380. The quantitative estimate of drug-likeness (QED) is 0.440. The van der Waals surface area contributed by atoms with Gasteiger partial charge in [0.25, 0.3) is 5.91 Å². The molecule has 132 valence electrons. The third-order valence-electron chi connectivity index (χ3n) is 3.91. The number of nitrogens with one attached hydrogen (secondary N) is 1. The third-order valence-corrected chi connectivity index (χ3v) is 3.91. The predicted molar refractivity (Wildman–Crippen MR) is 77.3 cm³/mol. The van der Waals surface area contributed by atoms with Gasteiger partial charge in [0.1, 0.15) is 30.2 Å². The van der Waals surface area contributed by atoms with Crippen molar-refractivity contribution >= 4 is 11.7 Å². The molecule has 1 unspecified atom stereocenters. The van der Waals surface area contributed by atoms with Crippen LogP contribution in [0.2, 0.25) is 0 Å². The van der Waals surface area contributed by atoms with Crippen molar-refractivity contribution in [2.24, 2.45) is 0 Å². The number of aliphatic hydroxyl groups excluding tert-OH is 3. The smallest absolute Gasteiger partial charge is 0.254 e. The molecular formula is C15H18FNO7. The van der Waals surface area contributed by atoms with Crippen LogP contribution in [0, 0.1) is 5.82 Å². The number of halogens is 1. The number of ether oxygens (including phenoxy) is 1. The molecule has 24 heavy (non-hydrogen) atoms. The Kier molecular flexibility index (Phi) is 5.31. The van der Waals surface area contributed by atoms with Crippen LogP contribution in [0.15, 0.2) is 24.3 Å². The van der Waals surface area contributed by atoms with Gasteiger partial charge in [0.15, 0.2) is 5.78 Å². The van der Waals surface area contributed by atoms with Crippen LogP contribution in [0.3, 0.4) is 0 Å². The van der Waals surface area contributed by atoms with E-state index in [-0.39, 0.29) is 5.56 Å². The van der Waals surface area contributed by atoms with E-state index in [0.717, 1.165) is 13.0 Å². The third kappa shape index (κ3) is 3.17. The zero-order valence-electron chi connectivity index (χ0n) is 12.7. The zero-order valence-corrected chi connectivity index (χ0v) is 12.7. The molecule has 5 N–H and O–H groups in total. The lowest BCUT2D eigenvalue weighted by atomic mass is 9.88. The van der Waals surface area contributed by atoms with Gasteiger partial charge < -0.3 is 30.5 Å². The Morgan fingerprint density at radius 2 is 1.92 bits per heavy atom. The molecule has 0 aromatic heterocycles. The predicted octanol–water partition coefficient (Wildman–Crippen LogP) is -1.69. The number of hydrogen-bond acceptors (Lipinski definition) is 7. The summed E-state index contributed by atoms with van der Waals surface area (Å²) >= 11 is 0. The van der Waals surface area contributed by atoms with Crippen molar-refractivity contribution in [2.75, 3.05) is 6.61 Å². The van der Waals surface area contributed by atoms with Crippen molar-refractivity contribution in [1.29, 1.82) is 0 Å². The number of aliphatic hydroxyl groups is 4. The molecule has 0 radical (unpaired) electrons. The molecule has 0 saturated carbocycles. The lowest BCUT2D eigenvalue weighted by Crippen LogP contribution is -2.72. The highest BCUT2D eigenvalue weighted by atomic mass is 19.1. The van der Waals surface area contributed by atoms with Crippen molar-refractivity contribution in [3.05, 3.63) is 35.6 Å². The average molecular weight is 343 g/mol. The topological polar surface area (TPSA) is 136 Å². The largest absolute Gasteiger partial charge is 0.394 e. The first-order valence-electron chi connectivity index (χ1n) is 7.16. The van der Waals surface area contributed by atoms with Gasteiger partial charge in [0.05, 0.1) is 12.2 Å². The molecule has 1 heterocycles. The monoisotopic (exact) mass is 343 g/mol. The summed E-state index contributed by atoms with van der Waals surface area (Å²) in [5.74, 6) is -5.52. The van der Waals surface area contributed by atoms with Gasteiger partial charge in [-0.25, -0.2) is 4.39 Å². The fourth-order valence-corrected chi connectivity index (χ4v) is 2.52. The maximum Gasteiger partial charge on any atom is 0.254 e. The number of hydrogen-bond donors (Lipinski definition) is 5. The molecule has 0 spiro atoms. The summed E-state index contributed by atoms with van der Waals surface area (Å²) in [6.07, 6.45) is -4.95.